The van der Waals surface area contributed by atoms with Gasteiger partial charge < -0.3 is 14.7 Å². The van der Waals surface area contributed by atoms with Crippen LogP contribution in [-0.2, 0) is 0 Å². The van der Waals surface area contributed by atoms with Gasteiger partial charge in [0.05, 0.1) is 0 Å². The Labute approximate surface area is 147 Å². The van der Waals surface area contributed by atoms with E-state index in [-0.39, 0.29) is 12.4 Å². The predicted molar refractivity (Wildman–Crippen MR) is 98.7 cm³/mol. The fraction of sp³-hybridized carbons (Fsp3) is 0.684. The van der Waals surface area contributed by atoms with E-state index in [2.05, 4.69) is 38.7 Å². The first-order chi connectivity index (χ1) is 10.5. The summed E-state index contributed by atoms with van der Waals surface area (Å²) in [5, 5.41) is 10.3. The van der Waals surface area contributed by atoms with E-state index >= 15 is 0 Å². The van der Waals surface area contributed by atoms with Gasteiger partial charge >= 0.3 is 0 Å². The third kappa shape index (κ3) is 6.33. The minimum atomic E-state index is -0.433. The third-order valence-electron chi connectivity index (χ3n) is 4.39. The average Bonchev–Trinajstić information content (AvgIpc) is 2.44. The maximum absolute atomic E-state index is 10.3. The maximum Gasteiger partial charge on any atom is 0.122 e. The molecule has 1 saturated heterocycles. The highest BCUT2D eigenvalue weighted by Crippen LogP contribution is 2.26. The van der Waals surface area contributed by atoms with Gasteiger partial charge in [-0.1, -0.05) is 45.9 Å². The zero-order valence-corrected chi connectivity index (χ0v) is 15.7. The number of aliphatic hydroxyl groups is 1. The van der Waals surface area contributed by atoms with Crippen LogP contribution in [0.15, 0.2) is 24.3 Å². The summed E-state index contributed by atoms with van der Waals surface area (Å²) in [4.78, 5) is 2.38. The molecule has 0 aliphatic carbocycles. The van der Waals surface area contributed by atoms with Gasteiger partial charge in [-0.05, 0) is 35.8 Å². The lowest BCUT2D eigenvalue weighted by atomic mass is 9.92. The van der Waals surface area contributed by atoms with Crippen molar-refractivity contribution in [2.24, 2.45) is 11.8 Å². The molecule has 0 amide bonds. The molecular weight excluding hydrogens is 310 g/mol. The summed E-state index contributed by atoms with van der Waals surface area (Å²) in [5.41, 5.74) is 1.20. The van der Waals surface area contributed by atoms with Crippen molar-refractivity contribution in [2.75, 3.05) is 26.2 Å². The molecule has 1 aromatic rings. The van der Waals surface area contributed by atoms with Crippen molar-refractivity contribution in [2.45, 2.75) is 46.1 Å². The van der Waals surface area contributed by atoms with E-state index in [0.717, 1.165) is 30.7 Å². The predicted octanol–water partition coefficient (Wildman–Crippen LogP) is 3.95. The van der Waals surface area contributed by atoms with Gasteiger partial charge in [-0.2, -0.15) is 0 Å². The van der Waals surface area contributed by atoms with Crippen LogP contribution in [0, 0.1) is 11.8 Å². The highest BCUT2D eigenvalue weighted by atomic mass is 35.5. The van der Waals surface area contributed by atoms with Crippen molar-refractivity contribution in [3.63, 3.8) is 0 Å². The Morgan fingerprint density at radius 2 is 1.78 bits per heavy atom. The highest BCUT2D eigenvalue weighted by Gasteiger charge is 2.23. The van der Waals surface area contributed by atoms with Gasteiger partial charge in [-0.3, -0.25) is 0 Å². The van der Waals surface area contributed by atoms with Crippen molar-refractivity contribution >= 4 is 12.4 Å². The van der Waals surface area contributed by atoms with Crippen LogP contribution in [0.3, 0.4) is 0 Å². The van der Waals surface area contributed by atoms with Crippen LogP contribution in [0.25, 0.3) is 0 Å². The molecule has 1 aliphatic heterocycles. The number of likely N-dealkylation sites (tertiary alicyclic amines) is 1. The molecule has 0 spiro atoms. The lowest BCUT2D eigenvalue weighted by Gasteiger charge is -2.36. The zero-order valence-electron chi connectivity index (χ0n) is 14.9. The van der Waals surface area contributed by atoms with E-state index in [1.54, 1.807) is 0 Å². The van der Waals surface area contributed by atoms with Crippen molar-refractivity contribution in [3.8, 4) is 5.75 Å². The van der Waals surface area contributed by atoms with Gasteiger partial charge in [-0.15, -0.1) is 12.4 Å². The first-order valence-corrected chi connectivity index (χ1v) is 8.57. The Kier molecular flexibility index (Phi) is 8.38. The van der Waals surface area contributed by atoms with Gasteiger partial charge in [0.1, 0.15) is 18.5 Å². The molecule has 2 rings (SSSR count). The molecule has 3 nitrogen and oxygen atoms in total. The number of β-amino-alcohol motifs (C(OH)–C–C–N with tert-alkyl or cyclic N) is 1. The van der Waals surface area contributed by atoms with E-state index in [9.17, 15) is 5.11 Å². The molecule has 4 heteroatoms. The second-order valence-electron chi connectivity index (χ2n) is 7.32. The molecule has 0 bridgehead atoms. The Hall–Kier alpha value is -0.770. The summed E-state index contributed by atoms with van der Waals surface area (Å²) in [6, 6.07) is 8.12. The zero-order chi connectivity index (χ0) is 16.1. The average molecular weight is 342 g/mol. The van der Waals surface area contributed by atoms with Crippen LogP contribution in [0.2, 0.25) is 0 Å². The van der Waals surface area contributed by atoms with Crippen LogP contribution in [0.5, 0.6) is 5.75 Å². The highest BCUT2D eigenvalue weighted by molar-refractivity contribution is 5.85. The summed E-state index contributed by atoms with van der Waals surface area (Å²) >= 11 is 0. The fourth-order valence-corrected chi connectivity index (χ4v) is 3.57. The first-order valence-electron chi connectivity index (χ1n) is 8.57. The summed E-state index contributed by atoms with van der Waals surface area (Å²) in [6.45, 7) is 12.2. The number of hydrogen-bond donors (Lipinski definition) is 1. The second kappa shape index (κ2) is 9.51. The second-order valence-corrected chi connectivity index (χ2v) is 7.32. The van der Waals surface area contributed by atoms with Crippen molar-refractivity contribution in [1.82, 2.24) is 4.90 Å². The number of ether oxygens (including phenoxy) is 1. The van der Waals surface area contributed by atoms with Gasteiger partial charge in [0, 0.05) is 19.6 Å². The Morgan fingerprint density at radius 1 is 1.17 bits per heavy atom. The number of halogens is 1. The number of piperidine rings is 1. The molecule has 1 aliphatic rings. The molecule has 1 aromatic carbocycles. The molecule has 3 atom stereocenters. The van der Waals surface area contributed by atoms with Gasteiger partial charge in [0.2, 0.25) is 0 Å². The Bertz CT molecular complexity index is 456. The van der Waals surface area contributed by atoms with E-state index in [1.165, 1.54) is 12.0 Å². The summed E-state index contributed by atoms with van der Waals surface area (Å²) in [5.74, 6) is 2.77. The standard InChI is InChI=1S/C19H31NO2.ClH/c1-14(2)18-7-5-6-8-19(18)22-13-17(21)12-20-10-15(3)9-16(4)11-20;/h5-8,14-17,21H,9-13H2,1-4H3;1H. The first kappa shape index (κ1) is 20.3. The molecule has 1 fully saturated rings. The van der Waals surface area contributed by atoms with Gasteiger partial charge in [0.15, 0.2) is 0 Å². The lowest BCUT2D eigenvalue weighted by Crippen LogP contribution is -2.44. The number of hydrogen-bond acceptors (Lipinski definition) is 3. The van der Waals surface area contributed by atoms with E-state index in [4.69, 9.17) is 4.74 Å². The van der Waals surface area contributed by atoms with Crippen LogP contribution in [0.4, 0.5) is 0 Å². The molecule has 23 heavy (non-hydrogen) atoms. The van der Waals surface area contributed by atoms with Crippen LogP contribution in [0.1, 0.15) is 45.6 Å². The maximum atomic E-state index is 10.3. The van der Waals surface area contributed by atoms with Crippen LogP contribution < -0.4 is 4.74 Å². The SMILES string of the molecule is CC1CC(C)CN(CC(O)COc2ccccc2C(C)C)C1.Cl. The minimum Gasteiger partial charge on any atom is -0.491 e. The summed E-state index contributed by atoms with van der Waals surface area (Å²) in [6.07, 6.45) is 0.864. The monoisotopic (exact) mass is 341 g/mol. The van der Waals surface area contributed by atoms with Crippen molar-refractivity contribution in [3.05, 3.63) is 29.8 Å². The molecule has 132 valence electrons. The number of rotatable bonds is 6. The smallest absolute Gasteiger partial charge is 0.122 e. The molecule has 0 saturated carbocycles. The van der Waals surface area contributed by atoms with Crippen LogP contribution in [-0.4, -0.2) is 42.4 Å². The molecular formula is C19H32ClNO2. The molecule has 3 unspecified atom stereocenters. The number of para-hydroxylation sites is 1. The lowest BCUT2D eigenvalue weighted by molar-refractivity contribution is 0.0426. The molecule has 0 radical (unpaired) electrons. The van der Waals surface area contributed by atoms with E-state index < -0.39 is 6.10 Å². The Balaban J connectivity index is 0.00000264. The van der Waals surface area contributed by atoms with Crippen molar-refractivity contribution in [1.29, 1.82) is 0 Å². The number of aliphatic hydroxyl groups excluding tert-OH is 1. The number of nitrogens with zero attached hydrogens (tertiary/aromatic N) is 1. The summed E-state index contributed by atoms with van der Waals surface area (Å²) < 4.78 is 5.88. The molecule has 1 N–H and O–H groups in total. The number of benzene rings is 1. The third-order valence-corrected chi connectivity index (χ3v) is 4.39. The van der Waals surface area contributed by atoms with Gasteiger partial charge in [-0.25, -0.2) is 0 Å². The quantitative estimate of drug-likeness (QED) is 0.850. The normalized spacial score (nSPS) is 23.4. The van der Waals surface area contributed by atoms with E-state index in [0.29, 0.717) is 19.1 Å². The van der Waals surface area contributed by atoms with Crippen molar-refractivity contribution < 1.29 is 9.84 Å². The molecule has 0 aromatic heterocycles. The van der Waals surface area contributed by atoms with Gasteiger partial charge in [0.25, 0.3) is 0 Å². The topological polar surface area (TPSA) is 32.7 Å². The largest absolute Gasteiger partial charge is 0.491 e. The fourth-order valence-electron chi connectivity index (χ4n) is 3.57. The Morgan fingerprint density at radius 3 is 2.39 bits per heavy atom. The minimum absolute atomic E-state index is 0. The van der Waals surface area contributed by atoms with Crippen LogP contribution >= 0.6 is 12.4 Å². The summed E-state index contributed by atoms with van der Waals surface area (Å²) in [7, 11) is 0. The molecule has 1 heterocycles. The van der Waals surface area contributed by atoms with E-state index in [1.807, 2.05) is 18.2 Å².